The van der Waals surface area contributed by atoms with Crippen LogP contribution in [0.5, 0.6) is 5.75 Å². The second kappa shape index (κ2) is 5.23. The first-order valence-corrected chi connectivity index (χ1v) is 5.11. The molecule has 0 spiro atoms. The monoisotopic (exact) mass is 246 g/mol. The summed E-state index contributed by atoms with van der Waals surface area (Å²) in [4.78, 5) is 3.80. The van der Waals surface area contributed by atoms with E-state index < -0.39 is 11.6 Å². The molecule has 0 aliphatic heterocycles. The number of benzene rings is 1. The Hall–Kier alpha value is -2.48. The van der Waals surface area contributed by atoms with E-state index in [0.717, 1.165) is 18.2 Å². The molecule has 1 heterocycles. The van der Waals surface area contributed by atoms with Crippen LogP contribution in [0.15, 0.2) is 36.5 Å². The molecular weight excluding hydrogens is 238 g/mol. The third-order valence-electron chi connectivity index (χ3n) is 2.18. The molecule has 2 aromatic rings. The Morgan fingerprint density at radius 2 is 1.89 bits per heavy atom. The molecule has 0 unspecified atom stereocenters. The largest absolute Gasteiger partial charge is 0.489 e. The average Bonchev–Trinajstić information content (AvgIpc) is 2.35. The predicted molar refractivity (Wildman–Crippen MR) is 59.6 cm³/mol. The van der Waals surface area contributed by atoms with Gasteiger partial charge in [0.15, 0.2) is 0 Å². The SMILES string of the molecule is N#Cc1cc(COc2cc(F)cc(F)c2)ccn1. The fourth-order valence-electron chi connectivity index (χ4n) is 1.40. The van der Waals surface area contributed by atoms with E-state index >= 15 is 0 Å². The number of ether oxygens (including phenoxy) is 1. The van der Waals surface area contributed by atoms with Crippen molar-refractivity contribution in [3.63, 3.8) is 0 Å². The van der Waals surface area contributed by atoms with E-state index in [1.807, 2.05) is 6.07 Å². The maximum atomic E-state index is 12.9. The van der Waals surface area contributed by atoms with Crippen molar-refractivity contribution < 1.29 is 13.5 Å². The van der Waals surface area contributed by atoms with Gasteiger partial charge in [-0.05, 0) is 17.7 Å². The van der Waals surface area contributed by atoms with Gasteiger partial charge in [-0.1, -0.05) is 0 Å². The van der Waals surface area contributed by atoms with Crippen molar-refractivity contribution in [3.05, 3.63) is 59.4 Å². The summed E-state index contributed by atoms with van der Waals surface area (Å²) in [6.07, 6.45) is 1.48. The Balaban J connectivity index is 2.09. The molecule has 3 nitrogen and oxygen atoms in total. The molecule has 0 N–H and O–H groups in total. The molecule has 0 saturated heterocycles. The molecule has 0 aliphatic rings. The third kappa shape index (κ3) is 3.01. The van der Waals surface area contributed by atoms with Gasteiger partial charge >= 0.3 is 0 Å². The van der Waals surface area contributed by atoms with E-state index in [4.69, 9.17) is 10.00 Å². The molecule has 90 valence electrons. The van der Waals surface area contributed by atoms with Crippen molar-refractivity contribution in [2.24, 2.45) is 0 Å². The van der Waals surface area contributed by atoms with Gasteiger partial charge in [-0.3, -0.25) is 0 Å². The lowest BCUT2D eigenvalue weighted by Gasteiger charge is -2.06. The zero-order chi connectivity index (χ0) is 13.0. The van der Waals surface area contributed by atoms with Gasteiger partial charge in [-0.25, -0.2) is 13.8 Å². The number of hydrogen-bond acceptors (Lipinski definition) is 3. The molecule has 2 rings (SSSR count). The summed E-state index contributed by atoms with van der Waals surface area (Å²) in [5.41, 5.74) is 0.966. The Morgan fingerprint density at radius 3 is 2.56 bits per heavy atom. The zero-order valence-corrected chi connectivity index (χ0v) is 9.23. The lowest BCUT2D eigenvalue weighted by Crippen LogP contribution is -1.97. The van der Waals surface area contributed by atoms with Crippen molar-refractivity contribution in [3.8, 4) is 11.8 Å². The highest BCUT2D eigenvalue weighted by atomic mass is 19.1. The molecule has 0 atom stereocenters. The second-order valence-electron chi connectivity index (χ2n) is 3.55. The van der Waals surface area contributed by atoms with Gasteiger partial charge in [0.05, 0.1) is 0 Å². The summed E-state index contributed by atoms with van der Waals surface area (Å²) in [6, 6.07) is 8.07. The summed E-state index contributed by atoms with van der Waals surface area (Å²) in [7, 11) is 0. The van der Waals surface area contributed by atoms with Crippen LogP contribution in [0.1, 0.15) is 11.3 Å². The van der Waals surface area contributed by atoms with Gasteiger partial charge < -0.3 is 4.74 Å². The third-order valence-corrected chi connectivity index (χ3v) is 2.18. The van der Waals surface area contributed by atoms with Crippen LogP contribution in [0.25, 0.3) is 0 Å². The molecule has 0 aliphatic carbocycles. The molecule has 1 aromatic heterocycles. The zero-order valence-electron chi connectivity index (χ0n) is 9.23. The Kier molecular flexibility index (Phi) is 3.49. The van der Waals surface area contributed by atoms with Crippen LogP contribution in [-0.4, -0.2) is 4.98 Å². The Bertz CT molecular complexity index is 588. The lowest BCUT2D eigenvalue weighted by molar-refractivity contribution is 0.302. The summed E-state index contributed by atoms with van der Waals surface area (Å²) in [6.45, 7) is 0.111. The first-order chi connectivity index (χ1) is 8.67. The number of rotatable bonds is 3. The number of aromatic nitrogens is 1. The van der Waals surface area contributed by atoms with Gasteiger partial charge in [0.1, 0.15) is 35.8 Å². The van der Waals surface area contributed by atoms with Crippen LogP contribution in [0, 0.1) is 23.0 Å². The van der Waals surface area contributed by atoms with Crippen molar-refractivity contribution in [2.75, 3.05) is 0 Å². The smallest absolute Gasteiger partial charge is 0.140 e. The minimum Gasteiger partial charge on any atom is -0.489 e. The topological polar surface area (TPSA) is 45.9 Å². The fourth-order valence-corrected chi connectivity index (χ4v) is 1.40. The van der Waals surface area contributed by atoms with Crippen LogP contribution in [0.2, 0.25) is 0 Å². The van der Waals surface area contributed by atoms with E-state index in [2.05, 4.69) is 4.98 Å². The second-order valence-corrected chi connectivity index (χ2v) is 3.55. The van der Waals surface area contributed by atoms with Crippen molar-refractivity contribution in [1.29, 1.82) is 5.26 Å². The van der Waals surface area contributed by atoms with Crippen molar-refractivity contribution in [1.82, 2.24) is 4.98 Å². The predicted octanol–water partition coefficient (Wildman–Crippen LogP) is 2.81. The highest BCUT2D eigenvalue weighted by molar-refractivity contribution is 5.27. The first kappa shape index (κ1) is 12.0. The number of halogens is 2. The number of pyridine rings is 1. The lowest BCUT2D eigenvalue weighted by atomic mass is 10.2. The van der Waals surface area contributed by atoms with Crippen LogP contribution in [0.3, 0.4) is 0 Å². The van der Waals surface area contributed by atoms with E-state index in [9.17, 15) is 8.78 Å². The molecule has 18 heavy (non-hydrogen) atoms. The van der Waals surface area contributed by atoms with Crippen LogP contribution >= 0.6 is 0 Å². The van der Waals surface area contributed by atoms with E-state index in [0.29, 0.717) is 5.56 Å². The first-order valence-electron chi connectivity index (χ1n) is 5.11. The van der Waals surface area contributed by atoms with Crippen LogP contribution in [-0.2, 0) is 6.61 Å². The van der Waals surface area contributed by atoms with Gasteiger partial charge in [0.25, 0.3) is 0 Å². The van der Waals surface area contributed by atoms with E-state index in [1.165, 1.54) is 6.20 Å². The molecule has 0 bridgehead atoms. The minimum absolute atomic E-state index is 0.0998. The highest BCUT2D eigenvalue weighted by Crippen LogP contribution is 2.16. The van der Waals surface area contributed by atoms with Crippen molar-refractivity contribution >= 4 is 0 Å². The highest BCUT2D eigenvalue weighted by Gasteiger charge is 2.02. The summed E-state index contributed by atoms with van der Waals surface area (Å²) in [5, 5.41) is 8.67. The molecule has 0 radical (unpaired) electrons. The van der Waals surface area contributed by atoms with Crippen molar-refractivity contribution in [2.45, 2.75) is 6.61 Å². The number of hydrogen-bond donors (Lipinski definition) is 0. The summed E-state index contributed by atoms with van der Waals surface area (Å²) < 4.78 is 31.0. The molecule has 5 heteroatoms. The van der Waals surface area contributed by atoms with Crippen LogP contribution in [0.4, 0.5) is 8.78 Å². The van der Waals surface area contributed by atoms with E-state index in [1.54, 1.807) is 12.1 Å². The molecule has 0 fully saturated rings. The fraction of sp³-hybridized carbons (Fsp3) is 0.0769. The quantitative estimate of drug-likeness (QED) is 0.836. The van der Waals surface area contributed by atoms with Gasteiger partial charge in [-0.15, -0.1) is 0 Å². The number of nitrogens with zero attached hydrogens (tertiary/aromatic N) is 2. The van der Waals surface area contributed by atoms with Crippen LogP contribution < -0.4 is 4.74 Å². The number of nitriles is 1. The molecular formula is C13H8F2N2O. The Morgan fingerprint density at radius 1 is 1.17 bits per heavy atom. The molecule has 1 aromatic carbocycles. The van der Waals surface area contributed by atoms with Gasteiger partial charge in [0, 0.05) is 24.4 Å². The van der Waals surface area contributed by atoms with E-state index in [-0.39, 0.29) is 18.1 Å². The normalized spacial score (nSPS) is 9.83. The maximum Gasteiger partial charge on any atom is 0.140 e. The molecule has 0 amide bonds. The minimum atomic E-state index is -0.697. The Labute approximate surface area is 102 Å². The maximum absolute atomic E-state index is 12.9. The van der Waals surface area contributed by atoms with Gasteiger partial charge in [-0.2, -0.15) is 5.26 Å². The summed E-state index contributed by atoms with van der Waals surface area (Å²) in [5.74, 6) is -1.29. The molecule has 0 saturated carbocycles. The standard InChI is InChI=1S/C13H8F2N2O/c14-10-4-11(15)6-13(5-10)18-8-9-1-2-17-12(3-9)7-16/h1-6H,8H2. The van der Waals surface area contributed by atoms with Gasteiger partial charge in [0.2, 0.25) is 0 Å². The average molecular weight is 246 g/mol. The summed E-state index contributed by atoms with van der Waals surface area (Å²) >= 11 is 0.